The number of rotatable bonds is 2. The van der Waals surface area contributed by atoms with Crippen molar-refractivity contribution in [3.8, 4) is 5.75 Å². The molecule has 2 aromatic rings. The van der Waals surface area contributed by atoms with Gasteiger partial charge in [-0.1, -0.05) is 29.8 Å². The van der Waals surface area contributed by atoms with E-state index in [2.05, 4.69) is 12.1 Å². The molecule has 1 aliphatic heterocycles. The maximum absolute atomic E-state index is 6.40. The van der Waals surface area contributed by atoms with Crippen molar-refractivity contribution in [2.75, 3.05) is 6.61 Å². The summed E-state index contributed by atoms with van der Waals surface area (Å²) in [5.74, 6) is 0.961. The average molecular weight is 294 g/mol. The molecule has 0 fully saturated rings. The maximum Gasteiger partial charge on any atom is 0.127 e. The largest absolute Gasteiger partial charge is 0.493 e. The van der Waals surface area contributed by atoms with E-state index in [1.165, 1.54) is 5.56 Å². The molecule has 1 aromatic carbocycles. The van der Waals surface area contributed by atoms with E-state index in [0.717, 1.165) is 46.2 Å². The fraction of sp³-hybridized carbons (Fsp3) is 0.333. The van der Waals surface area contributed by atoms with E-state index in [-0.39, 0.29) is 6.04 Å². The first-order chi connectivity index (χ1) is 9.18. The van der Waals surface area contributed by atoms with Crippen LogP contribution in [0.3, 0.4) is 0 Å². The minimum atomic E-state index is -0.209. The molecule has 100 valence electrons. The number of benzene rings is 1. The lowest BCUT2D eigenvalue weighted by Gasteiger charge is -2.23. The molecule has 1 aromatic heterocycles. The number of nitrogens with two attached hydrogens (primary N) is 1. The summed E-state index contributed by atoms with van der Waals surface area (Å²) in [7, 11) is 0. The first kappa shape index (κ1) is 13.0. The molecule has 0 saturated heterocycles. The molecule has 19 heavy (non-hydrogen) atoms. The van der Waals surface area contributed by atoms with Gasteiger partial charge in [0, 0.05) is 10.4 Å². The van der Waals surface area contributed by atoms with Crippen molar-refractivity contribution in [2.45, 2.75) is 25.8 Å². The quantitative estimate of drug-likeness (QED) is 0.905. The van der Waals surface area contributed by atoms with E-state index in [9.17, 15) is 0 Å². The van der Waals surface area contributed by atoms with Crippen LogP contribution in [-0.2, 0) is 6.42 Å². The molecular weight excluding hydrogens is 278 g/mol. The van der Waals surface area contributed by atoms with Crippen LogP contribution >= 0.6 is 22.9 Å². The Bertz CT molecular complexity index is 608. The summed E-state index contributed by atoms with van der Waals surface area (Å²) in [4.78, 5) is 1.02. The van der Waals surface area contributed by atoms with Gasteiger partial charge < -0.3 is 10.5 Å². The van der Waals surface area contributed by atoms with Gasteiger partial charge in [-0.25, -0.2) is 0 Å². The molecule has 1 aliphatic rings. The molecule has 3 rings (SSSR count). The van der Waals surface area contributed by atoms with E-state index in [1.54, 1.807) is 11.3 Å². The van der Waals surface area contributed by atoms with Crippen LogP contribution < -0.4 is 10.5 Å². The first-order valence-electron chi connectivity index (χ1n) is 6.42. The van der Waals surface area contributed by atoms with Crippen LogP contribution in [0.2, 0.25) is 5.02 Å². The topological polar surface area (TPSA) is 35.2 Å². The Balaban J connectivity index is 2.05. The number of aryl methyl sites for hydroxylation is 2. The number of para-hydroxylation sites is 1. The minimum absolute atomic E-state index is 0.209. The zero-order valence-corrected chi connectivity index (χ0v) is 12.4. The molecule has 2 heterocycles. The Labute approximate surface area is 122 Å². The summed E-state index contributed by atoms with van der Waals surface area (Å²) >= 11 is 7.94. The molecule has 0 saturated carbocycles. The predicted molar refractivity (Wildman–Crippen MR) is 80.4 cm³/mol. The number of halogens is 1. The molecular formula is C15H16ClNOS. The third-order valence-corrected chi connectivity index (χ3v) is 5.30. The van der Waals surface area contributed by atoms with Crippen LogP contribution in [0.25, 0.3) is 0 Å². The number of ether oxygens (including phenoxy) is 1. The van der Waals surface area contributed by atoms with Gasteiger partial charge in [-0.2, -0.15) is 0 Å². The Kier molecular flexibility index (Phi) is 3.52. The van der Waals surface area contributed by atoms with Gasteiger partial charge in [0.1, 0.15) is 5.75 Å². The Morgan fingerprint density at radius 1 is 1.42 bits per heavy atom. The zero-order chi connectivity index (χ0) is 13.4. The van der Waals surface area contributed by atoms with Crippen LogP contribution in [0, 0.1) is 6.92 Å². The lowest BCUT2D eigenvalue weighted by atomic mass is 9.97. The van der Waals surface area contributed by atoms with Gasteiger partial charge in [0.15, 0.2) is 0 Å². The Hall–Kier alpha value is -1.03. The monoisotopic (exact) mass is 293 g/mol. The van der Waals surface area contributed by atoms with E-state index >= 15 is 0 Å². The molecule has 0 spiro atoms. The van der Waals surface area contributed by atoms with Gasteiger partial charge in [-0.05, 0) is 36.3 Å². The second kappa shape index (κ2) is 5.16. The fourth-order valence-electron chi connectivity index (χ4n) is 2.46. The zero-order valence-electron chi connectivity index (χ0n) is 10.8. The van der Waals surface area contributed by atoms with Crippen molar-refractivity contribution in [2.24, 2.45) is 5.73 Å². The standard InChI is InChI=1S/C15H16ClNOS/c1-9-8-19-15(12(9)16)13(17)11-6-2-4-10-5-3-7-18-14(10)11/h2,4,6,8,13H,3,5,7,17H2,1H3. The van der Waals surface area contributed by atoms with E-state index in [1.807, 2.05) is 18.4 Å². The van der Waals surface area contributed by atoms with Crippen LogP contribution in [0.15, 0.2) is 23.6 Å². The second-order valence-corrected chi connectivity index (χ2v) is 6.15. The van der Waals surface area contributed by atoms with Crippen LogP contribution in [0.5, 0.6) is 5.75 Å². The SMILES string of the molecule is Cc1csc(C(N)c2cccc3c2OCCC3)c1Cl. The molecule has 2 N–H and O–H groups in total. The smallest absolute Gasteiger partial charge is 0.127 e. The van der Waals surface area contributed by atoms with Crippen molar-refractivity contribution < 1.29 is 4.74 Å². The number of thiophene rings is 1. The van der Waals surface area contributed by atoms with Gasteiger partial charge in [0.05, 0.1) is 17.7 Å². The molecule has 1 atom stereocenters. The normalized spacial score (nSPS) is 15.7. The first-order valence-corrected chi connectivity index (χ1v) is 7.68. The Morgan fingerprint density at radius 2 is 2.26 bits per heavy atom. The highest BCUT2D eigenvalue weighted by Crippen LogP contribution is 2.39. The molecule has 0 radical (unpaired) electrons. The molecule has 2 nitrogen and oxygen atoms in total. The number of hydrogen-bond donors (Lipinski definition) is 1. The molecule has 0 aliphatic carbocycles. The summed E-state index contributed by atoms with van der Waals surface area (Å²) in [6.45, 7) is 2.78. The van der Waals surface area contributed by atoms with Gasteiger partial charge in [-0.3, -0.25) is 0 Å². The maximum atomic E-state index is 6.40. The van der Waals surface area contributed by atoms with E-state index < -0.39 is 0 Å². The molecule has 4 heteroatoms. The van der Waals surface area contributed by atoms with Gasteiger partial charge in [-0.15, -0.1) is 11.3 Å². The van der Waals surface area contributed by atoms with Crippen molar-refractivity contribution in [1.82, 2.24) is 0 Å². The van der Waals surface area contributed by atoms with Crippen molar-refractivity contribution >= 4 is 22.9 Å². The number of hydrogen-bond acceptors (Lipinski definition) is 3. The Morgan fingerprint density at radius 3 is 3.00 bits per heavy atom. The lowest BCUT2D eigenvalue weighted by Crippen LogP contribution is -2.16. The van der Waals surface area contributed by atoms with Gasteiger partial charge >= 0.3 is 0 Å². The fourth-order valence-corrected chi connectivity index (χ4v) is 3.79. The molecule has 0 bridgehead atoms. The third-order valence-electron chi connectivity index (χ3n) is 3.51. The van der Waals surface area contributed by atoms with E-state index in [0.29, 0.717) is 0 Å². The van der Waals surface area contributed by atoms with Crippen LogP contribution in [0.4, 0.5) is 0 Å². The lowest BCUT2D eigenvalue weighted by molar-refractivity contribution is 0.284. The molecule has 1 unspecified atom stereocenters. The minimum Gasteiger partial charge on any atom is -0.493 e. The van der Waals surface area contributed by atoms with Crippen LogP contribution in [-0.4, -0.2) is 6.61 Å². The summed E-state index contributed by atoms with van der Waals surface area (Å²) in [5.41, 5.74) is 9.78. The summed E-state index contributed by atoms with van der Waals surface area (Å²) < 4.78 is 5.83. The summed E-state index contributed by atoms with van der Waals surface area (Å²) in [6.07, 6.45) is 2.14. The predicted octanol–water partition coefficient (Wildman–Crippen LogP) is 4.08. The third kappa shape index (κ3) is 2.27. The van der Waals surface area contributed by atoms with Crippen molar-refractivity contribution in [1.29, 1.82) is 0 Å². The van der Waals surface area contributed by atoms with E-state index in [4.69, 9.17) is 22.1 Å². The van der Waals surface area contributed by atoms with Crippen molar-refractivity contribution in [3.05, 3.63) is 50.2 Å². The second-order valence-electron chi connectivity index (χ2n) is 4.86. The summed E-state index contributed by atoms with van der Waals surface area (Å²) in [6, 6.07) is 6.00. The highest BCUT2D eigenvalue weighted by molar-refractivity contribution is 7.10. The highest BCUT2D eigenvalue weighted by Gasteiger charge is 2.22. The van der Waals surface area contributed by atoms with Gasteiger partial charge in [0.2, 0.25) is 0 Å². The number of fused-ring (bicyclic) bond motifs is 1. The van der Waals surface area contributed by atoms with Crippen molar-refractivity contribution in [3.63, 3.8) is 0 Å². The van der Waals surface area contributed by atoms with Gasteiger partial charge in [0.25, 0.3) is 0 Å². The van der Waals surface area contributed by atoms with Crippen LogP contribution in [0.1, 0.15) is 34.0 Å². The average Bonchev–Trinajstić information content (AvgIpc) is 2.78. The summed E-state index contributed by atoms with van der Waals surface area (Å²) in [5, 5.41) is 2.83. The highest BCUT2D eigenvalue weighted by atomic mass is 35.5. The molecule has 0 amide bonds.